The van der Waals surface area contributed by atoms with Gasteiger partial charge >= 0.3 is 0 Å². The molecule has 3 nitrogen and oxygen atoms in total. The molecule has 0 fully saturated rings. The summed E-state index contributed by atoms with van der Waals surface area (Å²) in [4.78, 5) is 12.3. The summed E-state index contributed by atoms with van der Waals surface area (Å²) in [6.45, 7) is 3.76. The summed E-state index contributed by atoms with van der Waals surface area (Å²) < 4.78 is 18.6. The van der Waals surface area contributed by atoms with Crippen molar-refractivity contribution in [2.45, 2.75) is 32.4 Å². The SMILES string of the molecule is CCC(Oc1ccccc1)C(=O)NC(C)c1ccc(F)cc1. The van der Waals surface area contributed by atoms with Crippen molar-refractivity contribution in [1.29, 1.82) is 0 Å². The Balaban J connectivity index is 1.98. The van der Waals surface area contributed by atoms with Crippen LogP contribution in [0.3, 0.4) is 0 Å². The maximum absolute atomic E-state index is 12.9. The quantitative estimate of drug-likeness (QED) is 0.880. The predicted molar refractivity (Wildman–Crippen MR) is 84.1 cm³/mol. The number of ether oxygens (including phenoxy) is 1. The summed E-state index contributed by atoms with van der Waals surface area (Å²) in [6.07, 6.45) is 0.0157. The molecule has 0 spiro atoms. The van der Waals surface area contributed by atoms with Gasteiger partial charge in [0.25, 0.3) is 5.91 Å². The van der Waals surface area contributed by atoms with Crippen LogP contribution in [0.1, 0.15) is 31.9 Å². The molecule has 2 unspecified atom stereocenters. The molecule has 2 aromatic carbocycles. The van der Waals surface area contributed by atoms with Gasteiger partial charge in [-0.25, -0.2) is 4.39 Å². The third kappa shape index (κ3) is 4.32. The van der Waals surface area contributed by atoms with E-state index in [9.17, 15) is 9.18 Å². The van der Waals surface area contributed by atoms with E-state index in [-0.39, 0.29) is 17.8 Å². The van der Waals surface area contributed by atoms with Crippen LogP contribution in [0.5, 0.6) is 5.75 Å². The van der Waals surface area contributed by atoms with Crippen LogP contribution in [0.25, 0.3) is 0 Å². The van der Waals surface area contributed by atoms with Crippen LogP contribution in [-0.4, -0.2) is 12.0 Å². The first-order valence-electron chi connectivity index (χ1n) is 7.37. The molecule has 0 radical (unpaired) electrons. The van der Waals surface area contributed by atoms with Gasteiger partial charge in [-0.05, 0) is 43.2 Å². The predicted octanol–water partition coefficient (Wildman–Crippen LogP) is 3.86. The van der Waals surface area contributed by atoms with Gasteiger partial charge in [0.05, 0.1) is 6.04 Å². The third-order valence-electron chi connectivity index (χ3n) is 3.41. The van der Waals surface area contributed by atoms with Gasteiger partial charge < -0.3 is 10.1 Å². The molecule has 0 aliphatic rings. The lowest BCUT2D eigenvalue weighted by atomic mass is 10.1. The fourth-order valence-corrected chi connectivity index (χ4v) is 2.13. The molecule has 0 bridgehead atoms. The van der Waals surface area contributed by atoms with E-state index in [1.807, 2.05) is 44.2 Å². The zero-order valence-electron chi connectivity index (χ0n) is 12.8. The summed E-state index contributed by atoms with van der Waals surface area (Å²) in [5.41, 5.74) is 0.851. The Kier molecular flexibility index (Phi) is 5.53. The van der Waals surface area contributed by atoms with Crippen molar-refractivity contribution < 1.29 is 13.9 Å². The Morgan fingerprint density at radius 3 is 2.36 bits per heavy atom. The van der Waals surface area contributed by atoms with Gasteiger partial charge in [-0.15, -0.1) is 0 Å². The molecular formula is C18H20FNO2. The van der Waals surface area contributed by atoms with E-state index in [2.05, 4.69) is 5.32 Å². The highest BCUT2D eigenvalue weighted by Gasteiger charge is 2.20. The fourth-order valence-electron chi connectivity index (χ4n) is 2.13. The molecule has 1 amide bonds. The number of rotatable bonds is 6. The van der Waals surface area contributed by atoms with Gasteiger partial charge in [-0.3, -0.25) is 4.79 Å². The first-order chi connectivity index (χ1) is 10.6. The number of hydrogen-bond donors (Lipinski definition) is 1. The van der Waals surface area contributed by atoms with Crippen LogP contribution in [0.15, 0.2) is 54.6 Å². The average Bonchev–Trinajstić information content (AvgIpc) is 2.54. The number of carbonyl (C=O) groups excluding carboxylic acids is 1. The highest BCUT2D eigenvalue weighted by molar-refractivity contribution is 5.81. The van der Waals surface area contributed by atoms with Crippen molar-refractivity contribution >= 4 is 5.91 Å². The van der Waals surface area contributed by atoms with E-state index in [0.717, 1.165) is 5.56 Å². The third-order valence-corrected chi connectivity index (χ3v) is 3.41. The van der Waals surface area contributed by atoms with Crippen molar-refractivity contribution in [2.75, 3.05) is 0 Å². The smallest absolute Gasteiger partial charge is 0.261 e. The van der Waals surface area contributed by atoms with Crippen LogP contribution in [0, 0.1) is 5.82 Å². The summed E-state index contributed by atoms with van der Waals surface area (Å²) in [5, 5.41) is 2.90. The molecule has 0 saturated carbocycles. The Morgan fingerprint density at radius 1 is 1.14 bits per heavy atom. The van der Waals surface area contributed by atoms with Gasteiger partial charge in [-0.1, -0.05) is 37.3 Å². The first kappa shape index (κ1) is 16.0. The Morgan fingerprint density at radius 2 is 1.77 bits per heavy atom. The first-order valence-corrected chi connectivity index (χ1v) is 7.37. The van der Waals surface area contributed by atoms with E-state index in [1.165, 1.54) is 12.1 Å². The van der Waals surface area contributed by atoms with Crippen LogP contribution in [0.4, 0.5) is 4.39 Å². The van der Waals surface area contributed by atoms with E-state index >= 15 is 0 Å². The lowest BCUT2D eigenvalue weighted by Gasteiger charge is -2.20. The minimum absolute atomic E-state index is 0.178. The van der Waals surface area contributed by atoms with Crippen LogP contribution in [-0.2, 0) is 4.79 Å². The van der Waals surface area contributed by atoms with E-state index in [0.29, 0.717) is 12.2 Å². The lowest BCUT2D eigenvalue weighted by molar-refractivity contribution is -0.128. The van der Waals surface area contributed by atoms with E-state index in [1.54, 1.807) is 12.1 Å². The van der Waals surface area contributed by atoms with Crippen molar-refractivity contribution in [1.82, 2.24) is 5.32 Å². The van der Waals surface area contributed by atoms with Gasteiger partial charge in [0.15, 0.2) is 6.10 Å². The molecule has 116 valence electrons. The molecule has 2 rings (SSSR count). The maximum atomic E-state index is 12.9. The molecule has 4 heteroatoms. The molecule has 0 saturated heterocycles. The van der Waals surface area contributed by atoms with Crippen LogP contribution < -0.4 is 10.1 Å². The van der Waals surface area contributed by atoms with Crippen LogP contribution in [0.2, 0.25) is 0 Å². The van der Waals surface area contributed by atoms with Gasteiger partial charge in [0, 0.05) is 0 Å². The highest BCUT2D eigenvalue weighted by Crippen LogP contribution is 2.16. The molecule has 2 atom stereocenters. The Bertz CT molecular complexity index is 598. The standard InChI is InChI=1S/C18H20FNO2/c1-3-17(22-16-7-5-4-6-8-16)18(21)20-13(2)14-9-11-15(19)12-10-14/h4-13,17H,3H2,1-2H3,(H,20,21). The second kappa shape index (κ2) is 7.59. The van der Waals surface area contributed by atoms with Crippen molar-refractivity contribution in [3.05, 3.63) is 66.0 Å². The van der Waals surface area contributed by atoms with Gasteiger partial charge in [0.2, 0.25) is 0 Å². The van der Waals surface area contributed by atoms with Crippen molar-refractivity contribution in [3.8, 4) is 5.75 Å². The maximum Gasteiger partial charge on any atom is 0.261 e. The minimum Gasteiger partial charge on any atom is -0.481 e. The number of amides is 1. The molecule has 0 aromatic heterocycles. The summed E-state index contributed by atoms with van der Waals surface area (Å²) in [5.74, 6) is 0.197. The Labute approximate surface area is 130 Å². The lowest BCUT2D eigenvalue weighted by Crippen LogP contribution is -2.39. The zero-order valence-corrected chi connectivity index (χ0v) is 12.8. The molecule has 0 heterocycles. The number of para-hydroxylation sites is 1. The monoisotopic (exact) mass is 301 g/mol. The van der Waals surface area contributed by atoms with Gasteiger partial charge in [0.1, 0.15) is 11.6 Å². The summed E-state index contributed by atoms with van der Waals surface area (Å²) in [6, 6.07) is 15.1. The summed E-state index contributed by atoms with van der Waals surface area (Å²) >= 11 is 0. The van der Waals surface area contributed by atoms with Crippen LogP contribution >= 0.6 is 0 Å². The van der Waals surface area contributed by atoms with Crippen molar-refractivity contribution in [3.63, 3.8) is 0 Å². The topological polar surface area (TPSA) is 38.3 Å². The number of benzene rings is 2. The van der Waals surface area contributed by atoms with E-state index < -0.39 is 6.10 Å². The largest absolute Gasteiger partial charge is 0.481 e. The summed E-state index contributed by atoms with van der Waals surface area (Å²) in [7, 11) is 0. The molecule has 1 N–H and O–H groups in total. The molecule has 0 aliphatic heterocycles. The number of hydrogen-bond acceptors (Lipinski definition) is 2. The molecule has 0 aliphatic carbocycles. The number of nitrogens with one attached hydrogen (secondary N) is 1. The normalized spacial score (nSPS) is 13.2. The molecule has 22 heavy (non-hydrogen) atoms. The van der Waals surface area contributed by atoms with Crippen molar-refractivity contribution in [2.24, 2.45) is 0 Å². The minimum atomic E-state index is -0.551. The Hall–Kier alpha value is -2.36. The molecular weight excluding hydrogens is 281 g/mol. The zero-order chi connectivity index (χ0) is 15.9. The highest BCUT2D eigenvalue weighted by atomic mass is 19.1. The molecule has 2 aromatic rings. The fraction of sp³-hybridized carbons (Fsp3) is 0.278. The number of carbonyl (C=O) groups is 1. The second-order valence-electron chi connectivity index (χ2n) is 5.11. The average molecular weight is 301 g/mol. The van der Waals surface area contributed by atoms with E-state index in [4.69, 9.17) is 4.74 Å². The van der Waals surface area contributed by atoms with Gasteiger partial charge in [-0.2, -0.15) is 0 Å². The second-order valence-corrected chi connectivity index (χ2v) is 5.11. The number of halogens is 1.